The van der Waals surface area contributed by atoms with Crippen LogP contribution in [0.1, 0.15) is 22.6 Å². The Kier molecular flexibility index (Phi) is 3.73. The normalized spacial score (nSPS) is 13.5. The van der Waals surface area contributed by atoms with Crippen LogP contribution in [0.5, 0.6) is 0 Å². The van der Waals surface area contributed by atoms with Gasteiger partial charge in [-0.2, -0.15) is 0 Å². The number of benzene rings is 3. The standard InChI is InChI=1S/C20H16S2/c1-21-15-12-10-14(11-13-15)20-16-6-2-4-8-18(16)22-19-9-5-3-7-17(19)20/h2-13,20H,1H3. The molecule has 0 fully saturated rings. The fourth-order valence-corrected chi connectivity index (χ4v) is 4.61. The maximum Gasteiger partial charge on any atom is 0.0362 e. The molecule has 22 heavy (non-hydrogen) atoms. The lowest BCUT2D eigenvalue weighted by molar-refractivity contribution is 0.900. The summed E-state index contributed by atoms with van der Waals surface area (Å²) in [6.07, 6.45) is 2.12. The van der Waals surface area contributed by atoms with E-state index in [2.05, 4.69) is 79.1 Å². The monoisotopic (exact) mass is 320 g/mol. The molecule has 4 rings (SSSR count). The van der Waals surface area contributed by atoms with Crippen LogP contribution in [0.25, 0.3) is 0 Å². The van der Waals surface area contributed by atoms with Crippen LogP contribution >= 0.6 is 23.5 Å². The van der Waals surface area contributed by atoms with Crippen molar-refractivity contribution in [1.82, 2.24) is 0 Å². The molecule has 1 heterocycles. The van der Waals surface area contributed by atoms with Crippen LogP contribution in [0.2, 0.25) is 0 Å². The van der Waals surface area contributed by atoms with E-state index < -0.39 is 0 Å². The molecule has 1 aliphatic heterocycles. The van der Waals surface area contributed by atoms with Crippen LogP contribution in [0.3, 0.4) is 0 Å². The molecule has 1 aliphatic rings. The summed E-state index contributed by atoms with van der Waals surface area (Å²) in [6, 6.07) is 26.6. The number of thioether (sulfide) groups is 1. The van der Waals surface area contributed by atoms with Gasteiger partial charge in [0.05, 0.1) is 0 Å². The van der Waals surface area contributed by atoms with Crippen LogP contribution in [0.15, 0.2) is 87.5 Å². The van der Waals surface area contributed by atoms with Crippen LogP contribution in [-0.2, 0) is 0 Å². The lowest BCUT2D eigenvalue weighted by Crippen LogP contribution is -2.09. The van der Waals surface area contributed by atoms with Gasteiger partial charge in [0.15, 0.2) is 0 Å². The fourth-order valence-electron chi connectivity index (χ4n) is 3.07. The Labute approximate surface area is 140 Å². The summed E-state index contributed by atoms with van der Waals surface area (Å²) in [6.45, 7) is 0. The number of hydrogen-bond acceptors (Lipinski definition) is 2. The van der Waals surface area contributed by atoms with Crippen molar-refractivity contribution in [2.45, 2.75) is 20.6 Å². The van der Waals surface area contributed by atoms with Gasteiger partial charge in [0, 0.05) is 20.6 Å². The maximum atomic E-state index is 2.28. The first-order chi connectivity index (χ1) is 10.9. The van der Waals surface area contributed by atoms with E-state index in [0.717, 1.165) is 0 Å². The van der Waals surface area contributed by atoms with Crippen LogP contribution in [0.4, 0.5) is 0 Å². The molecule has 0 N–H and O–H groups in total. The molecule has 0 saturated heterocycles. The van der Waals surface area contributed by atoms with Gasteiger partial charge in [-0.3, -0.25) is 0 Å². The van der Waals surface area contributed by atoms with Gasteiger partial charge >= 0.3 is 0 Å². The summed E-state index contributed by atoms with van der Waals surface area (Å²) in [5.41, 5.74) is 4.21. The Hall–Kier alpha value is -1.64. The Bertz CT molecular complexity index is 760. The summed E-state index contributed by atoms with van der Waals surface area (Å²) in [4.78, 5) is 4.07. The largest absolute Gasteiger partial charge is 0.130 e. The predicted molar refractivity (Wildman–Crippen MR) is 96.2 cm³/mol. The highest BCUT2D eigenvalue weighted by Gasteiger charge is 2.26. The van der Waals surface area contributed by atoms with E-state index in [9.17, 15) is 0 Å². The lowest BCUT2D eigenvalue weighted by Gasteiger charge is -2.28. The SMILES string of the molecule is CSc1ccc(C2c3ccccc3Sc3ccccc32)cc1. The van der Waals surface area contributed by atoms with E-state index in [0.29, 0.717) is 5.92 Å². The second-order valence-electron chi connectivity index (χ2n) is 5.38. The Balaban J connectivity index is 1.90. The third kappa shape index (κ3) is 2.37. The molecule has 0 aliphatic carbocycles. The molecule has 0 unspecified atom stereocenters. The highest BCUT2D eigenvalue weighted by atomic mass is 32.2. The molecule has 0 nitrogen and oxygen atoms in total. The van der Waals surface area contributed by atoms with Crippen molar-refractivity contribution < 1.29 is 0 Å². The zero-order chi connectivity index (χ0) is 14.9. The van der Waals surface area contributed by atoms with Gasteiger partial charge in [-0.25, -0.2) is 0 Å². The number of rotatable bonds is 2. The highest BCUT2D eigenvalue weighted by molar-refractivity contribution is 7.99. The molecule has 0 spiro atoms. The Morgan fingerprint density at radius 1 is 0.727 bits per heavy atom. The summed E-state index contributed by atoms with van der Waals surface area (Å²) >= 11 is 3.68. The van der Waals surface area contributed by atoms with Gasteiger partial charge < -0.3 is 0 Å². The number of fused-ring (bicyclic) bond motifs is 2. The predicted octanol–water partition coefficient (Wildman–Crippen LogP) is 6.05. The molecular formula is C20H16S2. The topological polar surface area (TPSA) is 0 Å². The van der Waals surface area contributed by atoms with E-state index in [1.165, 1.54) is 31.4 Å². The van der Waals surface area contributed by atoms with Crippen molar-refractivity contribution in [3.63, 3.8) is 0 Å². The van der Waals surface area contributed by atoms with Crippen molar-refractivity contribution in [3.8, 4) is 0 Å². The second kappa shape index (κ2) is 5.86. The van der Waals surface area contributed by atoms with E-state index in [-0.39, 0.29) is 0 Å². The molecule has 0 bridgehead atoms. The average molecular weight is 320 g/mol. The molecule has 0 saturated carbocycles. The lowest BCUT2D eigenvalue weighted by atomic mass is 9.85. The molecule has 3 aromatic rings. The quantitative estimate of drug-likeness (QED) is 0.412. The molecule has 0 aromatic heterocycles. The molecule has 3 aromatic carbocycles. The average Bonchev–Trinajstić information content (AvgIpc) is 2.60. The maximum absolute atomic E-state index is 2.28. The molecule has 0 radical (unpaired) electrons. The van der Waals surface area contributed by atoms with Crippen LogP contribution < -0.4 is 0 Å². The summed E-state index contributed by atoms with van der Waals surface area (Å²) in [5, 5.41) is 0. The van der Waals surface area contributed by atoms with Gasteiger partial charge in [0.2, 0.25) is 0 Å². The van der Waals surface area contributed by atoms with Gasteiger partial charge in [-0.15, -0.1) is 11.8 Å². The van der Waals surface area contributed by atoms with E-state index in [4.69, 9.17) is 0 Å². The van der Waals surface area contributed by atoms with Crippen molar-refractivity contribution >= 4 is 23.5 Å². The minimum absolute atomic E-state index is 0.338. The van der Waals surface area contributed by atoms with Gasteiger partial charge in [0.25, 0.3) is 0 Å². The van der Waals surface area contributed by atoms with Gasteiger partial charge in [0.1, 0.15) is 0 Å². The Morgan fingerprint density at radius 3 is 1.82 bits per heavy atom. The van der Waals surface area contributed by atoms with Crippen LogP contribution in [-0.4, -0.2) is 6.26 Å². The molecule has 0 amide bonds. The van der Waals surface area contributed by atoms with Gasteiger partial charge in [-0.05, 0) is 47.2 Å². The van der Waals surface area contributed by atoms with Crippen LogP contribution in [0, 0.1) is 0 Å². The summed E-state index contributed by atoms with van der Waals surface area (Å²) in [7, 11) is 0. The fraction of sp³-hybridized carbons (Fsp3) is 0.100. The molecule has 108 valence electrons. The minimum Gasteiger partial charge on any atom is -0.130 e. The highest BCUT2D eigenvalue weighted by Crippen LogP contribution is 2.48. The minimum atomic E-state index is 0.338. The Morgan fingerprint density at radius 2 is 1.27 bits per heavy atom. The third-order valence-corrected chi connectivity index (χ3v) is 6.06. The zero-order valence-electron chi connectivity index (χ0n) is 12.3. The summed E-state index contributed by atoms with van der Waals surface area (Å²) in [5.74, 6) is 0.338. The van der Waals surface area contributed by atoms with Crippen molar-refractivity contribution in [2.24, 2.45) is 0 Å². The second-order valence-corrected chi connectivity index (χ2v) is 7.35. The third-order valence-electron chi connectivity index (χ3n) is 4.13. The molecule has 2 heteroatoms. The molecule has 0 atom stereocenters. The van der Waals surface area contributed by atoms with E-state index in [1.54, 1.807) is 11.8 Å². The van der Waals surface area contributed by atoms with Crippen molar-refractivity contribution in [3.05, 3.63) is 89.5 Å². The van der Waals surface area contributed by atoms with Crippen molar-refractivity contribution in [1.29, 1.82) is 0 Å². The summed E-state index contributed by atoms with van der Waals surface area (Å²) < 4.78 is 0. The first-order valence-corrected chi connectivity index (χ1v) is 9.40. The zero-order valence-corrected chi connectivity index (χ0v) is 14.0. The number of hydrogen-bond donors (Lipinski definition) is 0. The first kappa shape index (κ1) is 14.0. The van der Waals surface area contributed by atoms with Crippen molar-refractivity contribution in [2.75, 3.05) is 6.26 Å². The molecular weight excluding hydrogens is 304 g/mol. The van der Waals surface area contributed by atoms with E-state index in [1.807, 2.05) is 11.8 Å². The first-order valence-electron chi connectivity index (χ1n) is 7.36. The van der Waals surface area contributed by atoms with E-state index >= 15 is 0 Å². The smallest absolute Gasteiger partial charge is 0.0362 e. The van der Waals surface area contributed by atoms with Gasteiger partial charge in [-0.1, -0.05) is 60.3 Å².